The maximum atomic E-state index is 14.3. The highest BCUT2D eigenvalue weighted by Gasteiger charge is 2.81. The van der Waals surface area contributed by atoms with E-state index in [1.165, 1.54) is 12.1 Å². The van der Waals surface area contributed by atoms with Gasteiger partial charge in [0.2, 0.25) is 9.84 Å². The Morgan fingerprint density at radius 1 is 0.667 bits per heavy atom. The van der Waals surface area contributed by atoms with Crippen LogP contribution in [0, 0.1) is 6.92 Å². The maximum absolute atomic E-state index is 14.3. The summed E-state index contributed by atoms with van der Waals surface area (Å²) in [6.07, 6.45) is -6.15. The summed E-state index contributed by atoms with van der Waals surface area (Å²) in [5, 5.41) is 0. The van der Waals surface area contributed by atoms with Crippen LogP contribution in [0.2, 0.25) is 0 Å². The van der Waals surface area contributed by atoms with Crippen LogP contribution >= 0.6 is 0 Å². The number of benzene rings is 3. The quantitative estimate of drug-likeness (QED) is 0.231. The molecule has 0 saturated heterocycles. The number of sulfone groups is 1. The smallest absolute Gasteiger partial charge is 0.471 e. The van der Waals surface area contributed by atoms with Crippen molar-refractivity contribution in [2.75, 3.05) is 7.11 Å². The standard InChI is InChI=1S/C25H20F8O5S/c1-15-4-9-18(10-5-15)39(34,35)19-11-6-16(7-12-19)37-20-13-8-17(36-3)14-21(20)38-25(32,33)24(30,31)23(28,29)22(2,26)27/h4-14H,1-3H3. The van der Waals surface area contributed by atoms with E-state index >= 15 is 0 Å². The molecule has 0 radical (unpaired) electrons. The number of methoxy groups -OCH3 is 1. The molecule has 212 valence electrons. The third-order valence-electron chi connectivity index (χ3n) is 5.39. The average Bonchev–Trinajstić information content (AvgIpc) is 2.84. The van der Waals surface area contributed by atoms with E-state index < -0.39 is 52.1 Å². The molecule has 14 heteroatoms. The van der Waals surface area contributed by atoms with Gasteiger partial charge in [-0.25, -0.2) is 8.42 Å². The SMILES string of the molecule is COc1ccc(Oc2ccc(S(=O)(=O)c3ccc(C)cc3)cc2)c(OC(F)(F)C(F)(F)C(F)(F)C(C)(F)F)c1. The largest absolute Gasteiger partial charge is 0.497 e. The van der Waals surface area contributed by atoms with Crippen LogP contribution in [0.25, 0.3) is 0 Å². The summed E-state index contributed by atoms with van der Waals surface area (Å²) in [6, 6.07) is 13.0. The van der Waals surface area contributed by atoms with Crippen molar-refractivity contribution in [3.05, 3.63) is 72.3 Å². The number of rotatable bonds is 10. The van der Waals surface area contributed by atoms with Crippen LogP contribution in [0.5, 0.6) is 23.0 Å². The average molecular weight is 584 g/mol. The molecule has 0 fully saturated rings. The van der Waals surface area contributed by atoms with E-state index in [2.05, 4.69) is 4.74 Å². The van der Waals surface area contributed by atoms with Crippen LogP contribution in [0.15, 0.2) is 76.5 Å². The zero-order valence-electron chi connectivity index (χ0n) is 20.3. The molecule has 3 aromatic carbocycles. The van der Waals surface area contributed by atoms with Crippen LogP contribution in [0.3, 0.4) is 0 Å². The Morgan fingerprint density at radius 3 is 1.64 bits per heavy atom. The Morgan fingerprint density at radius 2 is 1.15 bits per heavy atom. The van der Waals surface area contributed by atoms with Crippen LogP contribution in [0.4, 0.5) is 35.1 Å². The molecule has 0 aromatic heterocycles. The van der Waals surface area contributed by atoms with Crippen molar-refractivity contribution in [1.82, 2.24) is 0 Å². The summed E-state index contributed by atoms with van der Waals surface area (Å²) in [6.45, 7) is 1.13. The first-order chi connectivity index (χ1) is 17.8. The first-order valence-corrected chi connectivity index (χ1v) is 12.3. The fraction of sp³-hybridized carbons (Fsp3) is 0.280. The van der Waals surface area contributed by atoms with E-state index in [-0.39, 0.29) is 21.3 Å². The van der Waals surface area contributed by atoms with Crippen molar-refractivity contribution < 1.29 is 57.8 Å². The molecule has 0 heterocycles. The first kappa shape index (κ1) is 30.0. The Balaban J connectivity index is 1.93. The number of halogens is 8. The molecular weight excluding hydrogens is 564 g/mol. The van der Waals surface area contributed by atoms with E-state index in [1.54, 1.807) is 19.1 Å². The Kier molecular flexibility index (Phi) is 7.85. The van der Waals surface area contributed by atoms with E-state index in [0.29, 0.717) is 6.07 Å². The molecule has 0 saturated carbocycles. The summed E-state index contributed by atoms with van der Waals surface area (Å²) < 4.78 is 149. The number of ether oxygens (including phenoxy) is 3. The lowest BCUT2D eigenvalue weighted by Crippen LogP contribution is -2.63. The highest BCUT2D eigenvalue weighted by atomic mass is 32.2. The van der Waals surface area contributed by atoms with Crippen LogP contribution in [-0.2, 0) is 9.84 Å². The van der Waals surface area contributed by atoms with Crippen molar-refractivity contribution >= 4 is 9.84 Å². The van der Waals surface area contributed by atoms with Crippen LogP contribution < -0.4 is 14.2 Å². The highest BCUT2D eigenvalue weighted by molar-refractivity contribution is 7.91. The zero-order chi connectivity index (χ0) is 29.4. The van der Waals surface area contributed by atoms with Gasteiger partial charge in [0.05, 0.1) is 16.9 Å². The second kappa shape index (κ2) is 10.2. The Hall–Kier alpha value is -3.55. The number of aryl methyl sites for hydroxylation is 1. The molecule has 0 aliphatic rings. The number of hydrogen-bond donors (Lipinski definition) is 0. The van der Waals surface area contributed by atoms with E-state index in [0.717, 1.165) is 49.1 Å². The van der Waals surface area contributed by atoms with Gasteiger partial charge in [0.1, 0.15) is 11.5 Å². The normalized spacial score (nSPS) is 13.2. The molecular formula is C25H20F8O5S. The predicted molar refractivity (Wildman–Crippen MR) is 122 cm³/mol. The molecule has 0 spiro atoms. The van der Waals surface area contributed by atoms with Gasteiger partial charge in [-0.2, -0.15) is 35.1 Å². The fourth-order valence-corrected chi connectivity index (χ4v) is 4.37. The van der Waals surface area contributed by atoms with E-state index in [1.807, 2.05) is 0 Å². The first-order valence-electron chi connectivity index (χ1n) is 10.8. The van der Waals surface area contributed by atoms with E-state index in [9.17, 15) is 43.5 Å². The molecule has 0 atom stereocenters. The molecule has 0 N–H and O–H groups in total. The van der Waals surface area contributed by atoms with Gasteiger partial charge in [-0.05, 0) is 55.5 Å². The lowest BCUT2D eigenvalue weighted by molar-refractivity contribution is -0.405. The van der Waals surface area contributed by atoms with E-state index in [4.69, 9.17) is 9.47 Å². The second-order valence-corrected chi connectivity index (χ2v) is 10.3. The van der Waals surface area contributed by atoms with Crippen molar-refractivity contribution in [3.63, 3.8) is 0 Å². The van der Waals surface area contributed by atoms with Crippen molar-refractivity contribution in [2.45, 2.75) is 47.5 Å². The van der Waals surface area contributed by atoms with Gasteiger partial charge < -0.3 is 14.2 Å². The minimum absolute atomic E-state index is 0.00905. The topological polar surface area (TPSA) is 61.8 Å². The lowest BCUT2D eigenvalue weighted by Gasteiger charge is -2.35. The minimum atomic E-state index is -6.66. The summed E-state index contributed by atoms with van der Waals surface area (Å²) in [7, 11) is -2.88. The molecule has 39 heavy (non-hydrogen) atoms. The monoisotopic (exact) mass is 584 g/mol. The molecule has 3 aromatic rings. The molecule has 0 aliphatic heterocycles. The van der Waals surface area contributed by atoms with Gasteiger partial charge in [0.25, 0.3) is 0 Å². The third-order valence-corrected chi connectivity index (χ3v) is 7.18. The van der Waals surface area contributed by atoms with Crippen LogP contribution in [0.1, 0.15) is 12.5 Å². The fourth-order valence-electron chi connectivity index (χ4n) is 3.11. The molecule has 0 aliphatic carbocycles. The molecule has 0 amide bonds. The third kappa shape index (κ3) is 5.75. The van der Waals surface area contributed by atoms with Crippen LogP contribution in [-0.4, -0.2) is 39.4 Å². The predicted octanol–water partition coefficient (Wildman–Crippen LogP) is 7.53. The van der Waals surface area contributed by atoms with Gasteiger partial charge >= 0.3 is 23.9 Å². The summed E-state index contributed by atoms with van der Waals surface area (Å²) in [5.41, 5.74) is 0.825. The number of alkyl halides is 8. The molecule has 5 nitrogen and oxygen atoms in total. The molecule has 0 bridgehead atoms. The molecule has 3 rings (SSSR count). The van der Waals surface area contributed by atoms with Gasteiger partial charge in [-0.15, -0.1) is 0 Å². The van der Waals surface area contributed by atoms with Crippen molar-refractivity contribution in [3.8, 4) is 23.0 Å². The Labute approximate surface area is 217 Å². The summed E-state index contributed by atoms with van der Waals surface area (Å²) >= 11 is 0. The van der Waals surface area contributed by atoms with Gasteiger partial charge in [-0.3, -0.25) is 0 Å². The van der Waals surface area contributed by atoms with Gasteiger partial charge in [-0.1, -0.05) is 17.7 Å². The summed E-state index contributed by atoms with van der Waals surface area (Å²) in [5.74, 6) is -21.1. The highest BCUT2D eigenvalue weighted by Crippen LogP contribution is 2.53. The maximum Gasteiger partial charge on any atom is 0.471 e. The Bertz CT molecular complexity index is 1420. The van der Waals surface area contributed by atoms with Crippen molar-refractivity contribution in [2.24, 2.45) is 0 Å². The van der Waals surface area contributed by atoms with Gasteiger partial charge in [0.15, 0.2) is 11.5 Å². The zero-order valence-corrected chi connectivity index (χ0v) is 21.1. The lowest BCUT2D eigenvalue weighted by atomic mass is 10.1. The van der Waals surface area contributed by atoms with Gasteiger partial charge in [0, 0.05) is 13.0 Å². The summed E-state index contributed by atoms with van der Waals surface area (Å²) in [4.78, 5) is -0.177. The second-order valence-electron chi connectivity index (χ2n) is 8.36. The number of hydrogen-bond acceptors (Lipinski definition) is 5. The van der Waals surface area contributed by atoms with Crippen molar-refractivity contribution in [1.29, 1.82) is 0 Å². The minimum Gasteiger partial charge on any atom is -0.497 e. The molecule has 0 unspecified atom stereocenters.